The summed E-state index contributed by atoms with van der Waals surface area (Å²) in [6, 6.07) is 4.88. The minimum atomic E-state index is -0.249. The van der Waals surface area contributed by atoms with Gasteiger partial charge in [-0.3, -0.25) is 0 Å². The fourth-order valence-electron chi connectivity index (χ4n) is 1.55. The maximum absolute atomic E-state index is 13.6. The Hall–Kier alpha value is -1.13. The number of ether oxygens (including phenoxy) is 2. The topological polar surface area (TPSA) is 30.5 Å². The normalized spacial score (nSPS) is 12.5. The summed E-state index contributed by atoms with van der Waals surface area (Å²) >= 11 is 0. The van der Waals surface area contributed by atoms with Gasteiger partial charge in [0.25, 0.3) is 0 Å². The van der Waals surface area contributed by atoms with E-state index in [1.54, 1.807) is 12.1 Å². The zero-order chi connectivity index (χ0) is 12.7. The lowest BCUT2D eigenvalue weighted by molar-refractivity contribution is 0.0759. The van der Waals surface area contributed by atoms with Crippen LogP contribution in [0.15, 0.2) is 18.2 Å². The second kappa shape index (κ2) is 7.25. The van der Waals surface area contributed by atoms with Crippen molar-refractivity contribution in [1.29, 1.82) is 0 Å². The Bertz CT molecular complexity index is 344. The molecule has 0 amide bonds. The lowest BCUT2D eigenvalue weighted by Gasteiger charge is -2.13. The molecule has 0 saturated heterocycles. The number of hydrogen-bond donors (Lipinski definition) is 1. The highest BCUT2D eigenvalue weighted by Crippen LogP contribution is 2.15. The monoisotopic (exact) mass is 241 g/mol. The van der Waals surface area contributed by atoms with Gasteiger partial charge in [0.1, 0.15) is 11.6 Å². The van der Waals surface area contributed by atoms with Gasteiger partial charge < -0.3 is 14.8 Å². The molecule has 3 nitrogen and oxygen atoms in total. The predicted molar refractivity (Wildman–Crippen MR) is 65.7 cm³/mol. The molecule has 0 radical (unpaired) electrons. The molecule has 0 aromatic heterocycles. The van der Waals surface area contributed by atoms with Gasteiger partial charge in [0.2, 0.25) is 0 Å². The summed E-state index contributed by atoms with van der Waals surface area (Å²) in [7, 11) is 1.52. The van der Waals surface area contributed by atoms with Gasteiger partial charge in [0.05, 0.1) is 13.2 Å². The molecule has 0 aliphatic rings. The van der Waals surface area contributed by atoms with Crippen molar-refractivity contribution in [2.45, 2.75) is 26.5 Å². The fourth-order valence-corrected chi connectivity index (χ4v) is 1.55. The Morgan fingerprint density at radius 3 is 2.76 bits per heavy atom. The minimum Gasteiger partial charge on any atom is -0.497 e. The molecule has 0 heterocycles. The zero-order valence-electron chi connectivity index (χ0n) is 10.6. The highest BCUT2D eigenvalue weighted by Gasteiger charge is 2.05. The van der Waals surface area contributed by atoms with Gasteiger partial charge in [-0.2, -0.15) is 0 Å². The largest absolute Gasteiger partial charge is 0.497 e. The smallest absolute Gasteiger partial charge is 0.131 e. The third-order valence-electron chi connectivity index (χ3n) is 2.46. The Morgan fingerprint density at radius 1 is 1.41 bits per heavy atom. The van der Waals surface area contributed by atoms with Crippen LogP contribution in [0.25, 0.3) is 0 Å². The summed E-state index contributed by atoms with van der Waals surface area (Å²) in [5.74, 6) is 0.287. The maximum Gasteiger partial charge on any atom is 0.131 e. The molecule has 1 atom stereocenters. The second-order valence-corrected chi connectivity index (χ2v) is 3.85. The summed E-state index contributed by atoms with van der Waals surface area (Å²) in [6.45, 7) is 5.84. The van der Waals surface area contributed by atoms with Crippen LogP contribution < -0.4 is 10.1 Å². The van der Waals surface area contributed by atoms with Gasteiger partial charge in [0, 0.05) is 31.3 Å². The van der Waals surface area contributed by atoms with Crippen LogP contribution in [0.4, 0.5) is 4.39 Å². The van der Waals surface area contributed by atoms with Crippen LogP contribution in [0.5, 0.6) is 5.75 Å². The van der Waals surface area contributed by atoms with Crippen molar-refractivity contribution in [3.8, 4) is 5.75 Å². The number of methoxy groups -OCH3 is 1. The van der Waals surface area contributed by atoms with E-state index in [1.807, 2.05) is 13.8 Å². The van der Waals surface area contributed by atoms with Crippen molar-refractivity contribution in [3.63, 3.8) is 0 Å². The molecule has 1 aromatic rings. The molecule has 1 rings (SSSR count). The Morgan fingerprint density at radius 2 is 2.18 bits per heavy atom. The number of benzene rings is 1. The molecule has 0 aliphatic carbocycles. The van der Waals surface area contributed by atoms with Crippen molar-refractivity contribution < 1.29 is 13.9 Å². The summed E-state index contributed by atoms with van der Waals surface area (Å²) in [5.41, 5.74) is 0.634. The molecule has 4 heteroatoms. The van der Waals surface area contributed by atoms with Crippen LogP contribution in [0, 0.1) is 5.82 Å². The van der Waals surface area contributed by atoms with E-state index in [1.165, 1.54) is 13.2 Å². The van der Waals surface area contributed by atoms with E-state index in [0.717, 1.165) is 0 Å². The van der Waals surface area contributed by atoms with Crippen LogP contribution in [0.2, 0.25) is 0 Å². The first-order valence-corrected chi connectivity index (χ1v) is 5.82. The van der Waals surface area contributed by atoms with Crippen LogP contribution >= 0.6 is 0 Å². The highest BCUT2D eigenvalue weighted by molar-refractivity contribution is 5.28. The Kier molecular flexibility index (Phi) is 5.94. The minimum absolute atomic E-state index is 0.140. The first-order chi connectivity index (χ1) is 8.17. The lowest BCUT2D eigenvalue weighted by Crippen LogP contribution is -2.26. The quantitative estimate of drug-likeness (QED) is 0.795. The zero-order valence-corrected chi connectivity index (χ0v) is 10.6. The van der Waals surface area contributed by atoms with Crippen LogP contribution in [0.3, 0.4) is 0 Å². The Labute approximate surface area is 102 Å². The van der Waals surface area contributed by atoms with Crippen molar-refractivity contribution in [2.75, 3.05) is 20.3 Å². The molecular formula is C13H20FNO2. The van der Waals surface area contributed by atoms with Crippen LogP contribution in [-0.2, 0) is 11.3 Å². The standard InChI is InChI=1S/C13H20FNO2/c1-4-17-10(2)8-15-9-11-5-6-12(16-3)7-13(11)14/h5-7,10,15H,4,8-9H2,1-3H3. The van der Waals surface area contributed by atoms with Gasteiger partial charge in [-0.05, 0) is 19.9 Å². The molecule has 96 valence electrons. The second-order valence-electron chi connectivity index (χ2n) is 3.85. The molecule has 17 heavy (non-hydrogen) atoms. The third-order valence-corrected chi connectivity index (χ3v) is 2.46. The van der Waals surface area contributed by atoms with E-state index in [2.05, 4.69) is 5.32 Å². The van der Waals surface area contributed by atoms with Crippen molar-refractivity contribution in [1.82, 2.24) is 5.32 Å². The summed E-state index contributed by atoms with van der Waals surface area (Å²) in [4.78, 5) is 0. The van der Waals surface area contributed by atoms with Gasteiger partial charge in [-0.15, -0.1) is 0 Å². The van der Waals surface area contributed by atoms with E-state index in [0.29, 0.717) is 31.0 Å². The van der Waals surface area contributed by atoms with Gasteiger partial charge >= 0.3 is 0 Å². The number of hydrogen-bond acceptors (Lipinski definition) is 3. The fraction of sp³-hybridized carbons (Fsp3) is 0.538. The average molecular weight is 241 g/mol. The summed E-state index contributed by atoms with van der Waals surface area (Å²) < 4.78 is 23.9. The van der Waals surface area contributed by atoms with E-state index in [-0.39, 0.29) is 11.9 Å². The maximum atomic E-state index is 13.6. The van der Waals surface area contributed by atoms with E-state index < -0.39 is 0 Å². The van der Waals surface area contributed by atoms with E-state index >= 15 is 0 Å². The first kappa shape index (κ1) is 13.9. The molecule has 0 aliphatic heterocycles. The molecule has 0 saturated carbocycles. The molecule has 1 aromatic carbocycles. The van der Waals surface area contributed by atoms with Gasteiger partial charge in [-0.25, -0.2) is 4.39 Å². The number of rotatable bonds is 7. The van der Waals surface area contributed by atoms with Gasteiger partial charge in [-0.1, -0.05) is 6.07 Å². The van der Waals surface area contributed by atoms with Crippen LogP contribution in [-0.4, -0.2) is 26.4 Å². The van der Waals surface area contributed by atoms with Gasteiger partial charge in [0.15, 0.2) is 0 Å². The van der Waals surface area contributed by atoms with Crippen molar-refractivity contribution >= 4 is 0 Å². The molecular weight excluding hydrogens is 221 g/mol. The first-order valence-electron chi connectivity index (χ1n) is 5.82. The van der Waals surface area contributed by atoms with E-state index in [9.17, 15) is 4.39 Å². The highest BCUT2D eigenvalue weighted by atomic mass is 19.1. The number of halogens is 1. The summed E-state index contributed by atoms with van der Waals surface area (Å²) in [5, 5.41) is 3.16. The summed E-state index contributed by atoms with van der Waals surface area (Å²) in [6.07, 6.45) is 0.140. The molecule has 0 bridgehead atoms. The third kappa shape index (κ3) is 4.71. The molecule has 1 unspecified atom stereocenters. The molecule has 1 N–H and O–H groups in total. The van der Waals surface area contributed by atoms with Crippen molar-refractivity contribution in [2.24, 2.45) is 0 Å². The molecule has 0 spiro atoms. The SMILES string of the molecule is CCOC(C)CNCc1ccc(OC)cc1F. The lowest BCUT2D eigenvalue weighted by atomic mass is 10.2. The number of nitrogens with one attached hydrogen (secondary N) is 1. The van der Waals surface area contributed by atoms with E-state index in [4.69, 9.17) is 9.47 Å². The van der Waals surface area contributed by atoms with Crippen molar-refractivity contribution in [3.05, 3.63) is 29.6 Å². The average Bonchev–Trinajstić information content (AvgIpc) is 2.31. The predicted octanol–water partition coefficient (Wildman–Crippen LogP) is 2.35. The Balaban J connectivity index is 2.41. The van der Waals surface area contributed by atoms with Crippen LogP contribution in [0.1, 0.15) is 19.4 Å². The molecule has 0 fully saturated rings.